The Kier molecular flexibility index (Phi) is 4.90. The van der Waals surface area contributed by atoms with Gasteiger partial charge in [-0.05, 0) is 35.2 Å². The standard InChI is InChI=1S/C23H16N4OS2/c1-29-23-24-19(16-12-11-14-7-5-6-8-15(14)13-16)18-20(28)22(30-21(18)25-23)27-26-17-9-3-2-4-10-17/h2-13,28H,1H3. The first kappa shape index (κ1) is 18.7. The van der Waals surface area contributed by atoms with E-state index in [0.29, 0.717) is 26.1 Å². The lowest BCUT2D eigenvalue weighted by molar-refractivity contribution is 0.484. The number of aromatic hydroxyl groups is 1. The molecule has 146 valence electrons. The minimum absolute atomic E-state index is 0.0606. The zero-order valence-corrected chi connectivity index (χ0v) is 17.6. The van der Waals surface area contributed by atoms with Crippen molar-refractivity contribution in [3.05, 3.63) is 72.8 Å². The third-order valence-corrected chi connectivity index (χ3v) is 6.21. The van der Waals surface area contributed by atoms with E-state index in [0.717, 1.165) is 22.0 Å². The van der Waals surface area contributed by atoms with Gasteiger partial charge in [-0.3, -0.25) is 0 Å². The molecular formula is C23H16N4OS2. The lowest BCUT2D eigenvalue weighted by Gasteiger charge is -2.07. The molecule has 0 aliphatic carbocycles. The molecular weight excluding hydrogens is 412 g/mol. The van der Waals surface area contributed by atoms with Gasteiger partial charge in [-0.15, -0.1) is 10.2 Å². The smallest absolute Gasteiger partial charge is 0.189 e. The number of thiophene rings is 1. The summed E-state index contributed by atoms with van der Waals surface area (Å²) in [5.41, 5.74) is 2.35. The summed E-state index contributed by atoms with van der Waals surface area (Å²) < 4.78 is 0. The summed E-state index contributed by atoms with van der Waals surface area (Å²) in [4.78, 5) is 9.99. The van der Waals surface area contributed by atoms with Gasteiger partial charge in [0.2, 0.25) is 0 Å². The largest absolute Gasteiger partial charge is 0.504 e. The van der Waals surface area contributed by atoms with E-state index in [1.54, 1.807) is 0 Å². The molecule has 1 N–H and O–H groups in total. The van der Waals surface area contributed by atoms with Gasteiger partial charge in [-0.25, -0.2) is 9.97 Å². The Hall–Kier alpha value is -3.29. The molecule has 2 heterocycles. The SMILES string of the molecule is CSc1nc(-c2ccc3ccccc3c2)c2c(O)c(N=Nc3ccccc3)sc2n1. The molecule has 0 unspecified atom stereocenters. The molecule has 0 radical (unpaired) electrons. The number of benzene rings is 3. The van der Waals surface area contributed by atoms with Gasteiger partial charge in [0.1, 0.15) is 4.83 Å². The molecule has 0 saturated carbocycles. The summed E-state index contributed by atoms with van der Waals surface area (Å²) in [6.45, 7) is 0. The number of hydrogen-bond donors (Lipinski definition) is 1. The van der Waals surface area contributed by atoms with Crippen molar-refractivity contribution in [1.29, 1.82) is 0 Å². The van der Waals surface area contributed by atoms with E-state index in [1.165, 1.54) is 23.1 Å². The first-order valence-electron chi connectivity index (χ1n) is 9.26. The molecule has 0 aliphatic rings. The zero-order valence-electron chi connectivity index (χ0n) is 16.0. The second-order valence-corrected chi connectivity index (χ2v) is 8.34. The summed E-state index contributed by atoms with van der Waals surface area (Å²) in [5, 5.41) is 23.4. The fraction of sp³-hybridized carbons (Fsp3) is 0.0435. The molecule has 0 atom stereocenters. The summed E-state index contributed by atoms with van der Waals surface area (Å²) in [5.74, 6) is 0.0606. The van der Waals surface area contributed by atoms with Gasteiger partial charge in [0.05, 0.1) is 16.8 Å². The molecule has 0 fully saturated rings. The van der Waals surface area contributed by atoms with E-state index in [9.17, 15) is 5.11 Å². The third kappa shape index (κ3) is 3.42. The molecule has 5 nitrogen and oxygen atoms in total. The van der Waals surface area contributed by atoms with Crippen LogP contribution in [0.15, 0.2) is 88.2 Å². The summed E-state index contributed by atoms with van der Waals surface area (Å²) in [6.07, 6.45) is 1.94. The molecule has 3 aromatic carbocycles. The Bertz CT molecular complexity index is 1400. The van der Waals surface area contributed by atoms with E-state index in [-0.39, 0.29) is 5.75 Å². The molecule has 7 heteroatoms. The van der Waals surface area contributed by atoms with Crippen LogP contribution in [0, 0.1) is 0 Å². The van der Waals surface area contributed by atoms with Crippen LogP contribution in [-0.4, -0.2) is 21.3 Å². The Labute approximate surface area is 181 Å². The van der Waals surface area contributed by atoms with Crippen molar-refractivity contribution in [2.75, 3.05) is 6.26 Å². The summed E-state index contributed by atoms with van der Waals surface area (Å²) >= 11 is 2.78. The van der Waals surface area contributed by atoms with Crippen LogP contribution in [0.1, 0.15) is 0 Å². The third-order valence-electron chi connectivity index (χ3n) is 4.71. The van der Waals surface area contributed by atoms with E-state index in [2.05, 4.69) is 39.5 Å². The maximum absolute atomic E-state index is 11.0. The first-order valence-corrected chi connectivity index (χ1v) is 11.3. The Morgan fingerprint density at radius 2 is 1.63 bits per heavy atom. The number of fused-ring (bicyclic) bond motifs is 2. The van der Waals surface area contributed by atoms with Crippen LogP contribution in [0.3, 0.4) is 0 Å². The maximum Gasteiger partial charge on any atom is 0.189 e. The topological polar surface area (TPSA) is 70.7 Å². The highest BCUT2D eigenvalue weighted by atomic mass is 32.2. The van der Waals surface area contributed by atoms with Gasteiger partial charge >= 0.3 is 0 Å². The molecule has 30 heavy (non-hydrogen) atoms. The van der Waals surface area contributed by atoms with Crippen molar-refractivity contribution < 1.29 is 5.11 Å². The second-order valence-electron chi connectivity index (χ2n) is 6.59. The lowest BCUT2D eigenvalue weighted by Crippen LogP contribution is -1.91. The van der Waals surface area contributed by atoms with Gasteiger partial charge in [-0.2, -0.15) is 0 Å². The predicted octanol–water partition coefficient (Wildman–Crippen LogP) is 7.35. The van der Waals surface area contributed by atoms with Gasteiger partial charge in [0.15, 0.2) is 15.9 Å². The van der Waals surface area contributed by atoms with Crippen LogP contribution in [0.2, 0.25) is 0 Å². The van der Waals surface area contributed by atoms with Crippen molar-refractivity contribution in [2.24, 2.45) is 10.2 Å². The van der Waals surface area contributed by atoms with Gasteiger partial charge in [0, 0.05) is 5.56 Å². The van der Waals surface area contributed by atoms with E-state index in [4.69, 9.17) is 4.98 Å². The molecule has 5 aromatic rings. The molecule has 5 rings (SSSR count). The zero-order chi connectivity index (χ0) is 20.5. The van der Waals surface area contributed by atoms with Crippen LogP contribution >= 0.6 is 23.1 Å². The van der Waals surface area contributed by atoms with E-state index in [1.807, 2.05) is 54.8 Å². The highest BCUT2D eigenvalue weighted by molar-refractivity contribution is 7.98. The van der Waals surface area contributed by atoms with Gasteiger partial charge < -0.3 is 5.11 Å². The van der Waals surface area contributed by atoms with Crippen LogP contribution < -0.4 is 0 Å². The number of azo groups is 1. The fourth-order valence-electron chi connectivity index (χ4n) is 3.26. The first-order chi connectivity index (χ1) is 14.7. The van der Waals surface area contributed by atoms with Crippen LogP contribution in [-0.2, 0) is 0 Å². The molecule has 0 saturated heterocycles. The number of thioether (sulfide) groups is 1. The monoisotopic (exact) mass is 428 g/mol. The van der Waals surface area contributed by atoms with E-state index < -0.39 is 0 Å². The van der Waals surface area contributed by atoms with Crippen molar-refractivity contribution in [2.45, 2.75) is 5.16 Å². The van der Waals surface area contributed by atoms with Crippen molar-refractivity contribution in [3.63, 3.8) is 0 Å². The highest BCUT2D eigenvalue weighted by Crippen LogP contribution is 2.47. The molecule has 0 spiro atoms. The number of hydrogen-bond acceptors (Lipinski definition) is 7. The molecule has 0 aliphatic heterocycles. The minimum Gasteiger partial charge on any atom is -0.504 e. The predicted molar refractivity (Wildman–Crippen MR) is 124 cm³/mol. The molecule has 2 aromatic heterocycles. The Morgan fingerprint density at radius 1 is 0.867 bits per heavy atom. The van der Waals surface area contributed by atoms with Crippen LogP contribution in [0.4, 0.5) is 10.7 Å². The molecule has 0 amide bonds. The molecule has 0 bridgehead atoms. The number of nitrogens with zero attached hydrogens (tertiary/aromatic N) is 4. The second kappa shape index (κ2) is 7.85. The Morgan fingerprint density at radius 3 is 2.43 bits per heavy atom. The Balaban J connectivity index is 1.69. The van der Waals surface area contributed by atoms with Crippen molar-refractivity contribution in [3.8, 4) is 17.0 Å². The number of rotatable bonds is 4. The van der Waals surface area contributed by atoms with E-state index >= 15 is 0 Å². The van der Waals surface area contributed by atoms with Crippen LogP contribution in [0.5, 0.6) is 5.75 Å². The summed E-state index contributed by atoms with van der Waals surface area (Å²) in [6, 6.07) is 23.8. The average Bonchev–Trinajstić information content (AvgIpc) is 3.12. The minimum atomic E-state index is 0.0606. The quantitative estimate of drug-likeness (QED) is 0.184. The number of aromatic nitrogens is 2. The normalized spacial score (nSPS) is 11.6. The lowest BCUT2D eigenvalue weighted by atomic mass is 10.0. The highest BCUT2D eigenvalue weighted by Gasteiger charge is 2.20. The van der Waals surface area contributed by atoms with Crippen molar-refractivity contribution in [1.82, 2.24) is 9.97 Å². The van der Waals surface area contributed by atoms with Crippen molar-refractivity contribution >= 4 is 54.8 Å². The fourth-order valence-corrected chi connectivity index (χ4v) is 4.57. The van der Waals surface area contributed by atoms with Gasteiger partial charge in [-0.1, -0.05) is 77.7 Å². The van der Waals surface area contributed by atoms with Crippen LogP contribution in [0.25, 0.3) is 32.2 Å². The summed E-state index contributed by atoms with van der Waals surface area (Å²) in [7, 11) is 0. The average molecular weight is 429 g/mol. The maximum atomic E-state index is 11.0. The van der Waals surface area contributed by atoms with Gasteiger partial charge in [0.25, 0.3) is 0 Å².